The molecule has 2 rings (SSSR count). The van der Waals surface area contributed by atoms with Gasteiger partial charge in [0.1, 0.15) is 0 Å². The maximum Gasteiger partial charge on any atom is 0.252 e. The Morgan fingerprint density at radius 3 is 2.82 bits per heavy atom. The van der Waals surface area contributed by atoms with E-state index in [0.29, 0.717) is 0 Å². The van der Waals surface area contributed by atoms with Crippen LogP contribution in [0.25, 0.3) is 0 Å². The van der Waals surface area contributed by atoms with Gasteiger partial charge in [-0.2, -0.15) is 11.3 Å². The van der Waals surface area contributed by atoms with Crippen molar-refractivity contribution in [3.8, 4) is 0 Å². The number of piperidine rings is 1. The number of amides is 1. The fourth-order valence-corrected chi connectivity index (χ4v) is 2.63. The van der Waals surface area contributed by atoms with Gasteiger partial charge in [0, 0.05) is 17.5 Å². The number of carbonyl (C=O) groups is 1. The van der Waals surface area contributed by atoms with E-state index in [4.69, 9.17) is 0 Å². The molecule has 1 aromatic rings. The Bertz CT molecular complexity index is 347. The number of carbonyl (C=O) groups excluding carboxylic acids is 1. The second-order valence-corrected chi connectivity index (χ2v) is 5.54. The Hall–Kier alpha value is -0.580. The molecule has 0 radical (unpaired) electrons. The van der Waals surface area contributed by atoms with Crippen molar-refractivity contribution < 1.29 is 4.79 Å². The van der Waals surface area contributed by atoms with Crippen molar-refractivity contribution in [1.29, 1.82) is 0 Å². The van der Waals surface area contributed by atoms with Gasteiger partial charge in [0.15, 0.2) is 0 Å². The molecule has 0 bridgehead atoms. The van der Waals surface area contributed by atoms with Crippen LogP contribution in [0.4, 0.5) is 0 Å². The summed E-state index contributed by atoms with van der Waals surface area (Å²) >= 11 is 1.56. The van der Waals surface area contributed by atoms with Gasteiger partial charge in [-0.05, 0) is 42.8 Å². The number of thiophene rings is 1. The molecule has 1 aliphatic heterocycles. The predicted molar refractivity (Wildman–Crippen MR) is 74.1 cm³/mol. The molecule has 2 heterocycles. The van der Waals surface area contributed by atoms with Crippen molar-refractivity contribution in [3.63, 3.8) is 0 Å². The molecule has 17 heavy (non-hydrogen) atoms. The van der Waals surface area contributed by atoms with Crippen LogP contribution < -0.4 is 10.6 Å². The fraction of sp³-hybridized carbons (Fsp3) is 0.583. The van der Waals surface area contributed by atoms with Gasteiger partial charge in [0.05, 0.1) is 0 Å². The first-order chi connectivity index (χ1) is 7.70. The minimum absolute atomic E-state index is 0. The zero-order valence-electron chi connectivity index (χ0n) is 9.99. The predicted octanol–water partition coefficient (Wildman–Crippen LogP) is 2.29. The van der Waals surface area contributed by atoms with Gasteiger partial charge in [-0.3, -0.25) is 4.79 Å². The molecule has 3 nitrogen and oxygen atoms in total. The summed E-state index contributed by atoms with van der Waals surface area (Å²) in [5, 5.41) is 10.2. The van der Waals surface area contributed by atoms with E-state index in [9.17, 15) is 4.79 Å². The number of nitrogens with one attached hydrogen (secondary N) is 2. The van der Waals surface area contributed by atoms with Crippen molar-refractivity contribution in [2.75, 3.05) is 19.6 Å². The zero-order chi connectivity index (χ0) is 11.4. The van der Waals surface area contributed by atoms with Gasteiger partial charge in [-0.15, -0.1) is 12.4 Å². The van der Waals surface area contributed by atoms with Crippen LogP contribution in [0.3, 0.4) is 0 Å². The van der Waals surface area contributed by atoms with Gasteiger partial charge < -0.3 is 10.6 Å². The summed E-state index contributed by atoms with van der Waals surface area (Å²) in [7, 11) is 0. The average Bonchev–Trinajstić information content (AvgIpc) is 2.80. The molecule has 1 saturated heterocycles. The highest BCUT2D eigenvalue weighted by molar-refractivity contribution is 7.08. The molecule has 96 valence electrons. The number of rotatable bonds is 3. The Balaban J connectivity index is 0.00000144. The van der Waals surface area contributed by atoms with Crippen LogP contribution in [-0.2, 0) is 0 Å². The van der Waals surface area contributed by atoms with E-state index < -0.39 is 0 Å². The molecule has 0 spiro atoms. The lowest BCUT2D eigenvalue weighted by atomic mass is 9.81. The third kappa shape index (κ3) is 3.98. The van der Waals surface area contributed by atoms with E-state index in [1.165, 1.54) is 0 Å². The van der Waals surface area contributed by atoms with Gasteiger partial charge in [0.25, 0.3) is 5.91 Å². The summed E-state index contributed by atoms with van der Waals surface area (Å²) in [5.74, 6) is 0.0565. The summed E-state index contributed by atoms with van der Waals surface area (Å²) in [4.78, 5) is 11.8. The SMILES string of the molecule is CC1(CNC(=O)c2ccsc2)CCNCC1.Cl. The first kappa shape index (κ1) is 14.5. The molecular weight excluding hydrogens is 256 g/mol. The number of hydrogen-bond donors (Lipinski definition) is 2. The minimum atomic E-state index is 0. The molecule has 0 unspecified atom stereocenters. The molecule has 0 atom stereocenters. The normalized spacial score (nSPS) is 18.2. The zero-order valence-corrected chi connectivity index (χ0v) is 11.6. The van der Waals surface area contributed by atoms with Gasteiger partial charge in [-0.1, -0.05) is 6.92 Å². The third-order valence-corrected chi connectivity index (χ3v) is 3.95. The van der Waals surface area contributed by atoms with Crippen LogP contribution in [0.2, 0.25) is 0 Å². The van der Waals surface area contributed by atoms with E-state index in [1.807, 2.05) is 16.8 Å². The lowest BCUT2D eigenvalue weighted by molar-refractivity contribution is 0.0923. The van der Waals surface area contributed by atoms with Crippen LogP contribution in [0.15, 0.2) is 16.8 Å². The second kappa shape index (κ2) is 6.38. The largest absolute Gasteiger partial charge is 0.351 e. The fourth-order valence-electron chi connectivity index (χ4n) is 2.00. The smallest absolute Gasteiger partial charge is 0.252 e. The lowest BCUT2D eigenvalue weighted by Crippen LogP contribution is -2.42. The Labute approximate surface area is 112 Å². The molecule has 1 aliphatic rings. The van der Waals surface area contributed by atoms with Crippen molar-refractivity contribution in [2.24, 2.45) is 5.41 Å². The summed E-state index contributed by atoms with van der Waals surface area (Å²) in [6.45, 7) is 5.15. The summed E-state index contributed by atoms with van der Waals surface area (Å²) in [5.41, 5.74) is 1.04. The van der Waals surface area contributed by atoms with Gasteiger partial charge in [-0.25, -0.2) is 0 Å². The summed E-state index contributed by atoms with van der Waals surface area (Å²) < 4.78 is 0. The topological polar surface area (TPSA) is 41.1 Å². The minimum Gasteiger partial charge on any atom is -0.351 e. The van der Waals surface area contributed by atoms with Crippen molar-refractivity contribution in [1.82, 2.24) is 10.6 Å². The highest BCUT2D eigenvalue weighted by Crippen LogP contribution is 2.26. The molecule has 1 amide bonds. The maximum atomic E-state index is 11.8. The first-order valence-electron chi connectivity index (χ1n) is 5.71. The monoisotopic (exact) mass is 274 g/mol. The average molecular weight is 275 g/mol. The Morgan fingerprint density at radius 1 is 1.53 bits per heavy atom. The number of halogens is 1. The van der Waals surface area contributed by atoms with Gasteiger partial charge >= 0.3 is 0 Å². The standard InChI is InChI=1S/C12H18N2OS.ClH/c1-12(3-5-13-6-4-12)9-14-11(15)10-2-7-16-8-10;/h2,7-8,13H,3-6,9H2,1H3,(H,14,15);1H. The third-order valence-electron chi connectivity index (χ3n) is 3.27. The van der Waals surface area contributed by atoms with E-state index in [0.717, 1.165) is 38.0 Å². The Morgan fingerprint density at radius 2 is 2.24 bits per heavy atom. The number of hydrogen-bond acceptors (Lipinski definition) is 3. The first-order valence-corrected chi connectivity index (χ1v) is 6.65. The highest BCUT2D eigenvalue weighted by atomic mass is 35.5. The molecule has 5 heteroatoms. The van der Waals surface area contributed by atoms with Crippen LogP contribution >= 0.6 is 23.7 Å². The van der Waals surface area contributed by atoms with Crippen molar-refractivity contribution >= 4 is 29.7 Å². The van der Waals surface area contributed by atoms with Crippen LogP contribution in [-0.4, -0.2) is 25.5 Å². The molecule has 0 saturated carbocycles. The van der Waals surface area contributed by atoms with Crippen LogP contribution in [0.5, 0.6) is 0 Å². The Kier molecular flexibility index (Phi) is 5.43. The van der Waals surface area contributed by atoms with Crippen molar-refractivity contribution in [2.45, 2.75) is 19.8 Å². The van der Waals surface area contributed by atoms with Crippen LogP contribution in [0, 0.1) is 5.41 Å². The molecule has 0 aromatic carbocycles. The molecule has 0 aliphatic carbocycles. The van der Waals surface area contributed by atoms with E-state index >= 15 is 0 Å². The van der Waals surface area contributed by atoms with E-state index in [1.54, 1.807) is 11.3 Å². The summed E-state index contributed by atoms with van der Waals surface area (Å²) in [6.07, 6.45) is 2.27. The maximum absolute atomic E-state index is 11.8. The molecule has 2 N–H and O–H groups in total. The molecule has 1 fully saturated rings. The van der Waals surface area contributed by atoms with Crippen LogP contribution in [0.1, 0.15) is 30.1 Å². The van der Waals surface area contributed by atoms with E-state index in [2.05, 4.69) is 17.6 Å². The second-order valence-electron chi connectivity index (χ2n) is 4.76. The highest BCUT2D eigenvalue weighted by Gasteiger charge is 2.27. The quantitative estimate of drug-likeness (QED) is 0.888. The van der Waals surface area contributed by atoms with Crippen molar-refractivity contribution in [3.05, 3.63) is 22.4 Å². The molecular formula is C12H19ClN2OS. The molecule has 1 aromatic heterocycles. The lowest BCUT2D eigenvalue weighted by Gasteiger charge is -2.34. The van der Waals surface area contributed by atoms with Gasteiger partial charge in [0.2, 0.25) is 0 Å². The summed E-state index contributed by atoms with van der Waals surface area (Å²) in [6, 6.07) is 1.87. The van der Waals surface area contributed by atoms with E-state index in [-0.39, 0.29) is 23.7 Å².